The summed E-state index contributed by atoms with van der Waals surface area (Å²) in [6.45, 7) is 2.18. The molecule has 0 radical (unpaired) electrons. The number of thioether (sulfide) groups is 1. The van der Waals surface area contributed by atoms with Crippen molar-refractivity contribution in [2.24, 2.45) is 5.92 Å². The third kappa shape index (κ3) is 3.05. The minimum atomic E-state index is -0.137. The molecule has 0 aromatic carbocycles. The second-order valence-corrected chi connectivity index (χ2v) is 5.66. The summed E-state index contributed by atoms with van der Waals surface area (Å²) in [7, 11) is 0. The lowest BCUT2D eigenvalue weighted by atomic mass is 10.2. The summed E-state index contributed by atoms with van der Waals surface area (Å²) in [5, 5.41) is 12.8. The van der Waals surface area contributed by atoms with Gasteiger partial charge in [-0.05, 0) is 11.7 Å². The molecule has 17 heavy (non-hydrogen) atoms. The van der Waals surface area contributed by atoms with E-state index in [1.165, 1.54) is 21.9 Å². The number of nitrogens with zero attached hydrogens (tertiary/aromatic N) is 3. The number of rotatable bonds is 5. The summed E-state index contributed by atoms with van der Waals surface area (Å²) in [6.07, 6.45) is 0. The Balaban J connectivity index is 2.06. The molecular formula is C10H13N3O2S2. The van der Waals surface area contributed by atoms with E-state index in [1.807, 2.05) is 6.92 Å². The largest absolute Gasteiger partial charge is 0.396 e. The molecule has 2 aromatic rings. The molecule has 0 aliphatic rings. The van der Waals surface area contributed by atoms with E-state index >= 15 is 0 Å². The molecule has 1 unspecified atom stereocenters. The summed E-state index contributed by atoms with van der Waals surface area (Å²) in [4.78, 5) is 16.6. The fraction of sp³-hybridized carbons (Fsp3) is 0.500. The molecular weight excluding hydrogens is 258 g/mol. The normalized spacial score (nSPS) is 13.1. The summed E-state index contributed by atoms with van der Waals surface area (Å²) in [5.41, 5.74) is 2.24. The molecule has 0 aliphatic heterocycles. The van der Waals surface area contributed by atoms with Gasteiger partial charge in [-0.3, -0.25) is 4.79 Å². The standard InChI is InChI=1S/C10H13N3O2S2/c1-7(3-14)4-16-5-8-2-9(15)13-10(12-8)17-6-11-13/h2,6-7,14H,3-5H2,1H3. The van der Waals surface area contributed by atoms with Gasteiger partial charge in [0.05, 0.1) is 5.69 Å². The van der Waals surface area contributed by atoms with Crippen LogP contribution in [0.5, 0.6) is 0 Å². The van der Waals surface area contributed by atoms with Gasteiger partial charge in [-0.1, -0.05) is 18.3 Å². The van der Waals surface area contributed by atoms with Crippen LogP contribution in [0.3, 0.4) is 0 Å². The average Bonchev–Trinajstić information content (AvgIpc) is 2.77. The fourth-order valence-electron chi connectivity index (χ4n) is 1.29. The van der Waals surface area contributed by atoms with E-state index in [4.69, 9.17) is 5.11 Å². The lowest BCUT2D eigenvalue weighted by molar-refractivity contribution is 0.250. The predicted octanol–water partition coefficient (Wildman–Crippen LogP) is 1.01. The Hall–Kier alpha value is -0.920. The van der Waals surface area contributed by atoms with E-state index < -0.39 is 0 Å². The summed E-state index contributed by atoms with van der Waals surface area (Å²) in [6, 6.07) is 1.52. The Morgan fingerprint density at radius 1 is 1.65 bits per heavy atom. The molecule has 0 amide bonds. The maximum atomic E-state index is 11.6. The molecule has 0 fully saturated rings. The highest BCUT2D eigenvalue weighted by molar-refractivity contribution is 7.98. The average molecular weight is 271 g/mol. The number of aliphatic hydroxyl groups excluding tert-OH is 1. The summed E-state index contributed by atoms with van der Waals surface area (Å²) >= 11 is 3.02. The van der Waals surface area contributed by atoms with Crippen LogP contribution in [0.25, 0.3) is 4.96 Å². The molecule has 0 bridgehead atoms. The Morgan fingerprint density at radius 2 is 2.47 bits per heavy atom. The Bertz CT molecular complexity index is 552. The van der Waals surface area contributed by atoms with Crippen LogP contribution in [-0.4, -0.2) is 32.1 Å². The highest BCUT2D eigenvalue weighted by Gasteiger charge is 2.05. The van der Waals surface area contributed by atoms with Gasteiger partial charge in [0, 0.05) is 18.4 Å². The number of aromatic nitrogens is 3. The van der Waals surface area contributed by atoms with Crippen molar-refractivity contribution in [3.05, 3.63) is 27.6 Å². The lowest BCUT2D eigenvalue weighted by Gasteiger charge is -2.06. The maximum Gasteiger partial charge on any atom is 0.275 e. The number of fused-ring (bicyclic) bond motifs is 1. The van der Waals surface area contributed by atoms with Crippen LogP contribution in [-0.2, 0) is 5.75 Å². The SMILES string of the molecule is CC(CO)CSCc1cc(=O)n2ncsc2n1. The fourth-order valence-corrected chi connectivity index (χ4v) is 2.92. The second kappa shape index (κ2) is 5.61. The van der Waals surface area contributed by atoms with Crippen molar-refractivity contribution in [2.45, 2.75) is 12.7 Å². The van der Waals surface area contributed by atoms with Gasteiger partial charge in [-0.25, -0.2) is 4.98 Å². The molecule has 2 heterocycles. The zero-order valence-corrected chi connectivity index (χ0v) is 11.0. The molecule has 92 valence electrons. The monoisotopic (exact) mass is 271 g/mol. The van der Waals surface area contributed by atoms with Crippen molar-refractivity contribution in [3.8, 4) is 0 Å². The summed E-state index contributed by atoms with van der Waals surface area (Å²) < 4.78 is 1.30. The minimum absolute atomic E-state index is 0.137. The van der Waals surface area contributed by atoms with Gasteiger partial charge in [0.2, 0.25) is 4.96 Å². The predicted molar refractivity (Wildman–Crippen MR) is 69.5 cm³/mol. The van der Waals surface area contributed by atoms with Gasteiger partial charge < -0.3 is 5.11 Å². The number of hydrogen-bond donors (Lipinski definition) is 1. The van der Waals surface area contributed by atoms with Gasteiger partial charge in [0.25, 0.3) is 5.56 Å². The first-order valence-electron chi connectivity index (χ1n) is 5.21. The van der Waals surface area contributed by atoms with Gasteiger partial charge in [0.1, 0.15) is 5.51 Å². The van der Waals surface area contributed by atoms with E-state index in [0.29, 0.717) is 10.7 Å². The molecule has 5 nitrogen and oxygen atoms in total. The third-order valence-electron chi connectivity index (χ3n) is 2.20. The zero-order valence-electron chi connectivity index (χ0n) is 9.37. The first-order valence-corrected chi connectivity index (χ1v) is 7.25. The van der Waals surface area contributed by atoms with Crippen LogP contribution in [0.4, 0.5) is 0 Å². The minimum Gasteiger partial charge on any atom is -0.396 e. The maximum absolute atomic E-state index is 11.6. The smallest absolute Gasteiger partial charge is 0.275 e. The molecule has 7 heteroatoms. The van der Waals surface area contributed by atoms with Crippen molar-refractivity contribution in [3.63, 3.8) is 0 Å². The van der Waals surface area contributed by atoms with E-state index in [-0.39, 0.29) is 18.1 Å². The van der Waals surface area contributed by atoms with E-state index in [9.17, 15) is 4.79 Å². The summed E-state index contributed by atoms with van der Waals surface area (Å²) in [5.74, 6) is 1.82. The Morgan fingerprint density at radius 3 is 3.24 bits per heavy atom. The topological polar surface area (TPSA) is 67.5 Å². The molecule has 0 spiro atoms. The first-order chi connectivity index (χ1) is 8.20. The highest BCUT2D eigenvalue weighted by atomic mass is 32.2. The molecule has 0 aliphatic carbocycles. The van der Waals surface area contributed by atoms with E-state index in [0.717, 1.165) is 11.4 Å². The number of hydrogen-bond acceptors (Lipinski definition) is 6. The van der Waals surface area contributed by atoms with Gasteiger partial charge >= 0.3 is 0 Å². The van der Waals surface area contributed by atoms with Crippen LogP contribution < -0.4 is 5.56 Å². The molecule has 1 N–H and O–H groups in total. The molecule has 1 atom stereocenters. The van der Waals surface area contributed by atoms with Crippen molar-refractivity contribution in [2.75, 3.05) is 12.4 Å². The third-order valence-corrected chi connectivity index (χ3v) is 4.18. The Kier molecular flexibility index (Phi) is 4.14. The molecule has 0 saturated carbocycles. The van der Waals surface area contributed by atoms with Crippen LogP contribution in [0.1, 0.15) is 12.6 Å². The van der Waals surface area contributed by atoms with Crippen LogP contribution in [0, 0.1) is 5.92 Å². The first kappa shape index (κ1) is 12.5. The van der Waals surface area contributed by atoms with Gasteiger partial charge in [-0.15, -0.1) is 0 Å². The molecule has 2 rings (SSSR count). The van der Waals surface area contributed by atoms with Crippen LogP contribution >= 0.6 is 23.1 Å². The highest BCUT2D eigenvalue weighted by Crippen LogP contribution is 2.14. The van der Waals surface area contributed by atoms with Gasteiger partial charge in [-0.2, -0.15) is 21.4 Å². The van der Waals surface area contributed by atoms with Crippen LogP contribution in [0.2, 0.25) is 0 Å². The number of aliphatic hydroxyl groups is 1. The van der Waals surface area contributed by atoms with Crippen molar-refractivity contribution in [1.29, 1.82) is 0 Å². The van der Waals surface area contributed by atoms with Crippen molar-refractivity contribution >= 4 is 28.1 Å². The lowest BCUT2D eigenvalue weighted by Crippen LogP contribution is -2.15. The van der Waals surface area contributed by atoms with Crippen LogP contribution in [0.15, 0.2) is 16.4 Å². The van der Waals surface area contributed by atoms with E-state index in [2.05, 4.69) is 10.1 Å². The Labute approximate surface area is 107 Å². The molecule has 2 aromatic heterocycles. The van der Waals surface area contributed by atoms with Crippen molar-refractivity contribution < 1.29 is 5.11 Å². The molecule has 0 saturated heterocycles. The van der Waals surface area contributed by atoms with Gasteiger partial charge in [0.15, 0.2) is 0 Å². The zero-order chi connectivity index (χ0) is 12.3. The quantitative estimate of drug-likeness (QED) is 0.879. The van der Waals surface area contributed by atoms with Crippen molar-refractivity contribution in [1.82, 2.24) is 14.6 Å². The van der Waals surface area contributed by atoms with E-state index in [1.54, 1.807) is 17.3 Å². The second-order valence-electron chi connectivity index (χ2n) is 3.82.